The summed E-state index contributed by atoms with van der Waals surface area (Å²) in [5, 5.41) is 0. The van der Waals surface area contributed by atoms with Gasteiger partial charge in [0.05, 0.1) is 0 Å². The summed E-state index contributed by atoms with van der Waals surface area (Å²) in [7, 11) is 0. The van der Waals surface area contributed by atoms with Gasteiger partial charge in [0, 0.05) is 19.3 Å². The summed E-state index contributed by atoms with van der Waals surface area (Å²) in [4.78, 5) is 37.9. The topological polar surface area (TPSA) is 78.9 Å². The number of hydrogen-bond donors (Lipinski definition) is 0. The summed E-state index contributed by atoms with van der Waals surface area (Å²) in [5.74, 6) is -0.974. The average Bonchev–Trinajstić information content (AvgIpc) is 3.27. The lowest BCUT2D eigenvalue weighted by Crippen LogP contribution is -2.30. The minimum absolute atomic E-state index is 0.105. The Kier molecular flexibility index (Phi) is 46.6. The number of unbranched alkanes of at least 4 members (excludes halogenated alkanes) is 20. The van der Waals surface area contributed by atoms with Crippen molar-refractivity contribution in [2.75, 3.05) is 13.2 Å². The van der Waals surface area contributed by atoms with E-state index < -0.39 is 6.10 Å². The van der Waals surface area contributed by atoms with Gasteiger partial charge in [-0.15, -0.1) is 0 Å². The first-order valence-electron chi connectivity index (χ1n) is 25.0. The molecule has 0 aliphatic carbocycles. The van der Waals surface area contributed by atoms with Crippen LogP contribution >= 0.6 is 0 Å². The fraction of sp³-hybridized carbons (Fsp3) is 0.625. The molecule has 0 saturated carbocycles. The Hall–Kier alpha value is -3.93. The Bertz CT molecular complexity index is 1310. The Labute approximate surface area is 380 Å². The van der Waals surface area contributed by atoms with Crippen LogP contribution in [0.4, 0.5) is 0 Å². The minimum Gasteiger partial charge on any atom is -0.462 e. The molecule has 0 heterocycles. The molecule has 1 unspecified atom stereocenters. The second-order valence-electron chi connectivity index (χ2n) is 16.2. The van der Waals surface area contributed by atoms with E-state index in [1.54, 1.807) is 0 Å². The average molecular weight is 859 g/mol. The predicted octanol–water partition coefficient (Wildman–Crippen LogP) is 16.4. The van der Waals surface area contributed by atoms with Crippen LogP contribution in [0, 0.1) is 0 Å². The zero-order valence-corrected chi connectivity index (χ0v) is 39.8. The smallest absolute Gasteiger partial charge is 0.306 e. The highest BCUT2D eigenvalue weighted by Gasteiger charge is 2.19. The molecule has 6 heteroatoms. The molecule has 0 aliphatic heterocycles. The third kappa shape index (κ3) is 47.1. The van der Waals surface area contributed by atoms with E-state index in [1.165, 1.54) is 44.9 Å². The fourth-order valence-electron chi connectivity index (χ4n) is 6.41. The molecule has 0 rings (SSSR count). The molecule has 1 atom stereocenters. The summed E-state index contributed by atoms with van der Waals surface area (Å²) in [6, 6.07) is 0. The van der Waals surface area contributed by atoms with Gasteiger partial charge < -0.3 is 14.2 Å². The van der Waals surface area contributed by atoms with Gasteiger partial charge >= 0.3 is 17.9 Å². The zero-order chi connectivity index (χ0) is 45.1. The minimum atomic E-state index is -0.806. The molecule has 0 N–H and O–H groups in total. The Morgan fingerprint density at radius 2 is 0.677 bits per heavy atom. The second-order valence-corrected chi connectivity index (χ2v) is 16.2. The van der Waals surface area contributed by atoms with Crippen molar-refractivity contribution < 1.29 is 28.6 Å². The quantitative estimate of drug-likeness (QED) is 0.0200. The number of ether oxygens (including phenoxy) is 3. The molecule has 0 bridgehead atoms. The lowest BCUT2D eigenvalue weighted by Gasteiger charge is -2.18. The molecular weight excluding hydrogens is 769 g/mol. The number of esters is 3. The van der Waals surface area contributed by atoms with Crippen LogP contribution in [0.1, 0.15) is 207 Å². The van der Waals surface area contributed by atoms with Gasteiger partial charge in [0.15, 0.2) is 6.10 Å². The normalized spacial score (nSPS) is 13.0. The van der Waals surface area contributed by atoms with Crippen molar-refractivity contribution in [2.45, 2.75) is 213 Å². The van der Waals surface area contributed by atoms with Crippen LogP contribution in [0.25, 0.3) is 0 Å². The van der Waals surface area contributed by atoms with Gasteiger partial charge in [-0.1, -0.05) is 214 Å². The summed E-state index contributed by atoms with van der Waals surface area (Å²) in [6.07, 6.45) is 66.3. The monoisotopic (exact) mass is 859 g/mol. The molecule has 0 fully saturated rings. The van der Waals surface area contributed by atoms with Crippen molar-refractivity contribution in [1.29, 1.82) is 0 Å². The third-order valence-electron chi connectivity index (χ3n) is 10.2. The van der Waals surface area contributed by atoms with Crippen LogP contribution in [0.2, 0.25) is 0 Å². The summed E-state index contributed by atoms with van der Waals surface area (Å²) >= 11 is 0. The van der Waals surface area contributed by atoms with Crippen molar-refractivity contribution >= 4 is 17.9 Å². The van der Waals surface area contributed by atoms with Gasteiger partial charge in [-0.05, 0) is 83.5 Å². The highest BCUT2D eigenvalue weighted by molar-refractivity contribution is 5.71. The standard InChI is InChI=1S/C56H90O6/c1-4-7-10-13-16-19-22-25-26-27-28-29-32-34-37-40-43-46-49-55(58)61-52-53(62-56(59)50-47-44-41-38-35-31-24-21-18-15-12-9-6-3)51-60-54(57)48-45-42-39-36-33-30-23-20-17-14-11-8-5-2/h9-10,12-13,15-16,18-19,21-22,24-30,33,53H,4-8,11,14,17,20,23,31-32,34-52H2,1-3H3/b12-9+,13-10+,18-15+,19-16+,24-21+,25-22+,27-26+,29-28+,33-30+. The van der Waals surface area contributed by atoms with Gasteiger partial charge in [-0.3, -0.25) is 14.4 Å². The molecule has 0 amide bonds. The van der Waals surface area contributed by atoms with E-state index >= 15 is 0 Å². The molecule has 62 heavy (non-hydrogen) atoms. The zero-order valence-electron chi connectivity index (χ0n) is 39.8. The van der Waals surface area contributed by atoms with Crippen LogP contribution in [0.3, 0.4) is 0 Å². The Morgan fingerprint density at radius 3 is 1.11 bits per heavy atom. The largest absolute Gasteiger partial charge is 0.462 e. The van der Waals surface area contributed by atoms with Crippen molar-refractivity contribution in [3.63, 3.8) is 0 Å². The first kappa shape index (κ1) is 58.1. The number of allylic oxidation sites excluding steroid dienone is 18. The van der Waals surface area contributed by atoms with Crippen molar-refractivity contribution in [3.8, 4) is 0 Å². The molecule has 0 spiro atoms. The number of hydrogen-bond acceptors (Lipinski definition) is 6. The van der Waals surface area contributed by atoms with Gasteiger partial charge in [0.2, 0.25) is 0 Å². The van der Waals surface area contributed by atoms with Crippen LogP contribution in [-0.2, 0) is 28.6 Å². The number of carbonyl (C=O) groups is 3. The maximum Gasteiger partial charge on any atom is 0.306 e. The summed E-state index contributed by atoms with van der Waals surface area (Å²) in [6.45, 7) is 6.34. The predicted molar refractivity (Wildman–Crippen MR) is 265 cm³/mol. The van der Waals surface area contributed by atoms with Gasteiger partial charge in [0.25, 0.3) is 0 Å². The van der Waals surface area contributed by atoms with Crippen LogP contribution < -0.4 is 0 Å². The van der Waals surface area contributed by atoms with Crippen molar-refractivity contribution in [2.24, 2.45) is 0 Å². The molecule has 0 aromatic heterocycles. The lowest BCUT2D eigenvalue weighted by molar-refractivity contribution is -0.167. The fourth-order valence-corrected chi connectivity index (χ4v) is 6.41. The van der Waals surface area contributed by atoms with E-state index in [4.69, 9.17) is 14.2 Å². The highest BCUT2D eigenvalue weighted by atomic mass is 16.6. The molecule has 6 nitrogen and oxygen atoms in total. The second kappa shape index (κ2) is 49.7. The third-order valence-corrected chi connectivity index (χ3v) is 10.2. The molecule has 350 valence electrons. The Balaban J connectivity index is 4.50. The summed E-state index contributed by atoms with van der Waals surface area (Å²) in [5.41, 5.74) is 0. The molecule has 0 aromatic rings. The van der Waals surface area contributed by atoms with E-state index in [0.29, 0.717) is 19.3 Å². The van der Waals surface area contributed by atoms with E-state index in [9.17, 15) is 14.4 Å². The van der Waals surface area contributed by atoms with E-state index in [2.05, 4.69) is 87.6 Å². The lowest BCUT2D eigenvalue weighted by atomic mass is 10.1. The van der Waals surface area contributed by atoms with E-state index in [-0.39, 0.29) is 31.1 Å². The Morgan fingerprint density at radius 1 is 0.339 bits per heavy atom. The van der Waals surface area contributed by atoms with Gasteiger partial charge in [0.1, 0.15) is 13.2 Å². The highest BCUT2D eigenvalue weighted by Crippen LogP contribution is 2.13. The van der Waals surface area contributed by atoms with Crippen molar-refractivity contribution in [3.05, 3.63) is 109 Å². The molecule has 0 aliphatic rings. The van der Waals surface area contributed by atoms with Crippen LogP contribution in [0.15, 0.2) is 109 Å². The van der Waals surface area contributed by atoms with E-state index in [1.807, 2.05) is 42.5 Å². The van der Waals surface area contributed by atoms with Crippen molar-refractivity contribution in [1.82, 2.24) is 0 Å². The number of carbonyl (C=O) groups excluding carboxylic acids is 3. The molecule has 0 radical (unpaired) electrons. The van der Waals surface area contributed by atoms with Gasteiger partial charge in [-0.2, -0.15) is 0 Å². The van der Waals surface area contributed by atoms with Gasteiger partial charge in [-0.25, -0.2) is 0 Å². The SMILES string of the molecule is CC/C=C/C=C/C=C/CCCCCCCC(=O)OC(COC(=O)CCCCC/C=C/CCCCCCCC)COC(=O)CCCCCCC/C=C/C=C/C=C/C=C/C=C/CCC. The first-order chi connectivity index (χ1) is 30.5. The number of rotatable bonds is 43. The molecular formula is C56H90O6. The van der Waals surface area contributed by atoms with Crippen LogP contribution in [0.5, 0.6) is 0 Å². The van der Waals surface area contributed by atoms with E-state index in [0.717, 1.165) is 122 Å². The van der Waals surface area contributed by atoms with Crippen LogP contribution in [-0.4, -0.2) is 37.2 Å². The molecule has 0 aromatic carbocycles. The molecule has 0 saturated heterocycles. The maximum absolute atomic E-state index is 12.8. The maximum atomic E-state index is 12.8. The first-order valence-corrected chi connectivity index (χ1v) is 25.0. The summed E-state index contributed by atoms with van der Waals surface area (Å²) < 4.78 is 16.7.